The molecule has 0 amide bonds. The van der Waals surface area contributed by atoms with Gasteiger partial charge in [0.05, 0.1) is 6.61 Å². The van der Waals surface area contributed by atoms with Crippen LogP contribution in [-0.4, -0.2) is 12.5 Å². The van der Waals surface area contributed by atoms with E-state index < -0.39 is 0 Å². The molecule has 0 saturated heterocycles. The second kappa shape index (κ2) is 4.60. The summed E-state index contributed by atoms with van der Waals surface area (Å²) in [6.45, 7) is 2.30. The lowest BCUT2D eigenvalue weighted by molar-refractivity contribution is 0.317. The van der Waals surface area contributed by atoms with Crippen LogP contribution in [0.25, 0.3) is 0 Å². The van der Waals surface area contributed by atoms with E-state index in [1.54, 1.807) is 12.1 Å². The summed E-state index contributed by atoms with van der Waals surface area (Å²) in [5, 5.41) is 7.35. The molecule has 13 heavy (non-hydrogen) atoms. The standard InChI is InChI=1S/C10H12FNO/c1-2-13-10(12)7-8-4-3-5-9(11)6-8/h3-6,12H,2,7H2,1H3. The molecule has 0 unspecified atom stereocenters. The normalized spacial score (nSPS) is 9.69. The van der Waals surface area contributed by atoms with Gasteiger partial charge >= 0.3 is 0 Å². The molecule has 0 heterocycles. The van der Waals surface area contributed by atoms with Crippen LogP contribution in [0, 0.1) is 11.2 Å². The van der Waals surface area contributed by atoms with Gasteiger partial charge in [-0.25, -0.2) is 4.39 Å². The van der Waals surface area contributed by atoms with Gasteiger partial charge in [-0.1, -0.05) is 12.1 Å². The lowest BCUT2D eigenvalue weighted by Crippen LogP contribution is -2.06. The second-order valence-corrected chi connectivity index (χ2v) is 2.66. The Morgan fingerprint density at radius 1 is 1.54 bits per heavy atom. The summed E-state index contributed by atoms with van der Waals surface area (Å²) in [5.74, 6) is -0.102. The summed E-state index contributed by atoms with van der Waals surface area (Å²) in [5.41, 5.74) is 0.762. The summed E-state index contributed by atoms with van der Waals surface area (Å²) in [6.07, 6.45) is 0.353. The molecule has 1 N–H and O–H groups in total. The van der Waals surface area contributed by atoms with Gasteiger partial charge < -0.3 is 4.74 Å². The maximum absolute atomic E-state index is 12.7. The van der Waals surface area contributed by atoms with Crippen LogP contribution in [0.3, 0.4) is 0 Å². The number of ether oxygens (including phenoxy) is 1. The monoisotopic (exact) mass is 181 g/mol. The molecule has 0 aliphatic heterocycles. The molecular weight excluding hydrogens is 169 g/mol. The Bertz CT molecular complexity index is 299. The van der Waals surface area contributed by atoms with E-state index in [0.717, 1.165) is 5.56 Å². The highest BCUT2D eigenvalue weighted by Gasteiger charge is 2.00. The van der Waals surface area contributed by atoms with Crippen molar-refractivity contribution in [3.8, 4) is 0 Å². The van der Waals surface area contributed by atoms with Crippen molar-refractivity contribution in [2.75, 3.05) is 6.61 Å². The van der Waals surface area contributed by atoms with E-state index >= 15 is 0 Å². The average Bonchev–Trinajstić information content (AvgIpc) is 2.04. The fourth-order valence-electron chi connectivity index (χ4n) is 1.06. The maximum Gasteiger partial charge on any atom is 0.184 e. The maximum atomic E-state index is 12.7. The molecule has 0 fully saturated rings. The van der Waals surface area contributed by atoms with Gasteiger partial charge in [-0.05, 0) is 24.6 Å². The Morgan fingerprint density at radius 3 is 2.92 bits per heavy atom. The van der Waals surface area contributed by atoms with Crippen LogP contribution < -0.4 is 0 Å². The minimum absolute atomic E-state index is 0.174. The number of hydrogen-bond acceptors (Lipinski definition) is 2. The molecule has 0 aliphatic rings. The molecule has 1 aromatic carbocycles. The van der Waals surface area contributed by atoms with Crippen molar-refractivity contribution in [3.05, 3.63) is 35.6 Å². The first-order chi connectivity index (χ1) is 6.22. The third-order valence-corrected chi connectivity index (χ3v) is 1.57. The third-order valence-electron chi connectivity index (χ3n) is 1.57. The zero-order valence-electron chi connectivity index (χ0n) is 7.51. The fourth-order valence-corrected chi connectivity index (χ4v) is 1.06. The van der Waals surface area contributed by atoms with Crippen LogP contribution in [0.4, 0.5) is 4.39 Å². The van der Waals surface area contributed by atoms with Crippen LogP contribution in [0.15, 0.2) is 24.3 Å². The van der Waals surface area contributed by atoms with Crippen LogP contribution >= 0.6 is 0 Å². The molecule has 2 nitrogen and oxygen atoms in total. The average molecular weight is 181 g/mol. The summed E-state index contributed by atoms with van der Waals surface area (Å²) in [4.78, 5) is 0. The number of halogens is 1. The molecule has 0 atom stereocenters. The van der Waals surface area contributed by atoms with Crippen molar-refractivity contribution in [1.82, 2.24) is 0 Å². The minimum Gasteiger partial charge on any atom is -0.481 e. The fraction of sp³-hybridized carbons (Fsp3) is 0.300. The number of nitrogens with one attached hydrogen (secondary N) is 1. The first-order valence-electron chi connectivity index (χ1n) is 4.17. The zero-order chi connectivity index (χ0) is 9.68. The molecular formula is C10H12FNO. The summed E-state index contributed by atoms with van der Waals surface area (Å²) in [7, 11) is 0. The smallest absolute Gasteiger partial charge is 0.184 e. The van der Waals surface area contributed by atoms with Crippen molar-refractivity contribution in [1.29, 1.82) is 5.41 Å². The predicted molar refractivity (Wildman–Crippen MR) is 49.5 cm³/mol. The molecule has 3 heteroatoms. The predicted octanol–water partition coefficient (Wildman–Crippen LogP) is 2.38. The molecule has 1 rings (SSSR count). The Kier molecular flexibility index (Phi) is 3.43. The van der Waals surface area contributed by atoms with E-state index in [4.69, 9.17) is 10.1 Å². The molecule has 0 aromatic heterocycles. The van der Waals surface area contributed by atoms with Gasteiger partial charge in [-0.15, -0.1) is 0 Å². The van der Waals surface area contributed by atoms with Crippen molar-refractivity contribution >= 4 is 5.90 Å². The van der Waals surface area contributed by atoms with E-state index in [2.05, 4.69) is 0 Å². The molecule has 70 valence electrons. The van der Waals surface area contributed by atoms with Crippen LogP contribution in [0.2, 0.25) is 0 Å². The molecule has 0 saturated carbocycles. The van der Waals surface area contributed by atoms with Gasteiger partial charge in [0.1, 0.15) is 5.82 Å². The highest BCUT2D eigenvalue weighted by molar-refractivity contribution is 5.75. The first-order valence-corrected chi connectivity index (χ1v) is 4.17. The molecule has 1 aromatic rings. The topological polar surface area (TPSA) is 33.1 Å². The summed E-state index contributed by atoms with van der Waals surface area (Å²) in [6, 6.07) is 6.20. The van der Waals surface area contributed by atoms with Crippen molar-refractivity contribution in [3.63, 3.8) is 0 Å². The lowest BCUT2D eigenvalue weighted by atomic mass is 10.1. The minimum atomic E-state index is -0.276. The number of hydrogen-bond donors (Lipinski definition) is 1. The SMILES string of the molecule is CCOC(=N)Cc1cccc(F)c1. The Labute approximate surface area is 76.9 Å². The van der Waals surface area contributed by atoms with E-state index in [1.807, 2.05) is 6.92 Å². The first kappa shape index (κ1) is 9.71. The summed E-state index contributed by atoms with van der Waals surface area (Å²) >= 11 is 0. The lowest BCUT2D eigenvalue weighted by Gasteiger charge is -2.04. The van der Waals surface area contributed by atoms with E-state index in [1.165, 1.54) is 12.1 Å². The summed E-state index contributed by atoms with van der Waals surface area (Å²) < 4.78 is 17.6. The van der Waals surface area contributed by atoms with Crippen molar-refractivity contribution in [2.45, 2.75) is 13.3 Å². The van der Waals surface area contributed by atoms with E-state index in [9.17, 15) is 4.39 Å². The Hall–Kier alpha value is -1.38. The van der Waals surface area contributed by atoms with Gasteiger partial charge in [-0.3, -0.25) is 5.41 Å². The molecule has 0 aliphatic carbocycles. The van der Waals surface area contributed by atoms with Crippen LogP contribution in [0.1, 0.15) is 12.5 Å². The van der Waals surface area contributed by atoms with Gasteiger partial charge in [0, 0.05) is 6.42 Å². The third kappa shape index (κ3) is 3.23. The van der Waals surface area contributed by atoms with Gasteiger partial charge in [-0.2, -0.15) is 0 Å². The Balaban J connectivity index is 2.58. The highest BCUT2D eigenvalue weighted by atomic mass is 19.1. The number of rotatable bonds is 3. The van der Waals surface area contributed by atoms with Crippen LogP contribution in [0.5, 0.6) is 0 Å². The van der Waals surface area contributed by atoms with Crippen molar-refractivity contribution in [2.24, 2.45) is 0 Å². The van der Waals surface area contributed by atoms with Crippen LogP contribution in [-0.2, 0) is 11.2 Å². The zero-order valence-corrected chi connectivity index (χ0v) is 7.51. The van der Waals surface area contributed by atoms with Gasteiger partial charge in [0.15, 0.2) is 5.90 Å². The van der Waals surface area contributed by atoms with E-state index in [-0.39, 0.29) is 11.7 Å². The number of benzene rings is 1. The van der Waals surface area contributed by atoms with Gasteiger partial charge in [0.25, 0.3) is 0 Å². The molecule has 0 bridgehead atoms. The molecule has 0 spiro atoms. The van der Waals surface area contributed by atoms with Gasteiger partial charge in [0.2, 0.25) is 0 Å². The van der Waals surface area contributed by atoms with Crippen molar-refractivity contribution < 1.29 is 9.13 Å². The highest BCUT2D eigenvalue weighted by Crippen LogP contribution is 2.04. The largest absolute Gasteiger partial charge is 0.481 e. The quantitative estimate of drug-likeness (QED) is 0.563. The molecule has 0 radical (unpaired) electrons. The second-order valence-electron chi connectivity index (χ2n) is 2.66. The van der Waals surface area contributed by atoms with E-state index in [0.29, 0.717) is 13.0 Å². The Morgan fingerprint density at radius 2 is 2.31 bits per heavy atom.